The summed E-state index contributed by atoms with van der Waals surface area (Å²) in [5.41, 5.74) is 8.92. The summed E-state index contributed by atoms with van der Waals surface area (Å²) >= 11 is 0. The Hall–Kier alpha value is -5.38. The van der Waals surface area contributed by atoms with Gasteiger partial charge in [-0.3, -0.25) is 19.5 Å². The number of oxime groups is 1. The zero-order valence-electron chi connectivity index (χ0n) is 31.4. The molecule has 1 aliphatic heterocycles. The summed E-state index contributed by atoms with van der Waals surface area (Å²) in [5, 5.41) is 27.5. The molecule has 0 bridgehead atoms. The maximum Gasteiger partial charge on any atom is 0.328 e. The van der Waals surface area contributed by atoms with Crippen LogP contribution in [0.25, 0.3) is 10.9 Å². The molecule has 0 aliphatic carbocycles. The molecule has 0 radical (unpaired) electrons. The molecule has 0 spiro atoms. The van der Waals surface area contributed by atoms with E-state index in [0.717, 1.165) is 15.8 Å². The summed E-state index contributed by atoms with van der Waals surface area (Å²) in [4.78, 5) is 48.6. The maximum atomic E-state index is 14.4. The van der Waals surface area contributed by atoms with Crippen LogP contribution in [0.3, 0.4) is 0 Å². The van der Waals surface area contributed by atoms with E-state index < -0.39 is 46.1 Å². The lowest BCUT2D eigenvalue weighted by atomic mass is 9.95. The fraction of sp³-hybridized carbons (Fsp3) is 0.375. The highest BCUT2D eigenvalue weighted by atomic mass is 32.2. The van der Waals surface area contributed by atoms with Crippen molar-refractivity contribution in [1.82, 2.24) is 24.4 Å². The maximum absolute atomic E-state index is 14.4. The van der Waals surface area contributed by atoms with Crippen LogP contribution in [0.5, 0.6) is 0 Å². The van der Waals surface area contributed by atoms with Gasteiger partial charge in [-0.2, -0.15) is 4.31 Å². The Morgan fingerprint density at radius 3 is 2.38 bits per heavy atom. The largest absolute Gasteiger partial charge is 0.411 e. The second-order valence-electron chi connectivity index (χ2n) is 14.4. The first-order valence-electron chi connectivity index (χ1n) is 18.3. The smallest absolute Gasteiger partial charge is 0.328 e. The number of hydrogen-bond acceptors (Lipinski definition) is 10. The summed E-state index contributed by atoms with van der Waals surface area (Å²) in [7, 11) is -4.12. The Kier molecular flexibility index (Phi) is 13.2. The number of fused-ring (bicyclic) bond motifs is 1. The zero-order chi connectivity index (χ0) is 39.9. The minimum atomic E-state index is -4.12. The number of benzene rings is 3. The van der Waals surface area contributed by atoms with Crippen molar-refractivity contribution in [3.63, 3.8) is 0 Å². The van der Waals surface area contributed by atoms with Crippen LogP contribution in [-0.2, 0) is 32.6 Å². The molecule has 1 aliphatic rings. The number of hydrogen-bond donors (Lipinski definition) is 4. The molecule has 2 heterocycles. The van der Waals surface area contributed by atoms with Crippen molar-refractivity contribution in [2.24, 2.45) is 17.0 Å². The lowest BCUT2D eigenvalue weighted by Crippen LogP contribution is -2.57. The fourth-order valence-corrected chi connectivity index (χ4v) is 8.30. The number of nitrogens with zero attached hydrogens (tertiary/aromatic N) is 5. The molecule has 0 saturated carbocycles. The average Bonchev–Trinajstić information content (AvgIpc) is 3.42. The first-order valence-corrected chi connectivity index (χ1v) is 19.7. The van der Waals surface area contributed by atoms with Gasteiger partial charge in [0.25, 0.3) is 5.91 Å². The summed E-state index contributed by atoms with van der Waals surface area (Å²) in [6.07, 6.45) is 0.459. The summed E-state index contributed by atoms with van der Waals surface area (Å²) < 4.78 is 29.1. The molecule has 3 aromatic carbocycles. The number of urea groups is 1. The van der Waals surface area contributed by atoms with Gasteiger partial charge in [-0.25, -0.2) is 13.2 Å². The summed E-state index contributed by atoms with van der Waals surface area (Å²) in [6, 6.07) is 21.1. The van der Waals surface area contributed by atoms with Crippen LogP contribution in [0.15, 0.2) is 95.0 Å². The predicted octanol–water partition coefficient (Wildman–Crippen LogP) is 4.24. The SMILES string of the molecule is CC[C@H](C)[C@H](C(=O)N[C@@H](Cc1ccccc1)C(O)CN(CC(C)C)S(=O)(=O)c1ccc(/C=N/O)cc1)N1CC(=O)N(Cc2ccc3cc(N)ccc3n2)C1=O. The van der Waals surface area contributed by atoms with Gasteiger partial charge in [0.05, 0.1) is 41.0 Å². The van der Waals surface area contributed by atoms with Crippen molar-refractivity contribution < 1.29 is 33.1 Å². The van der Waals surface area contributed by atoms with E-state index in [1.165, 1.54) is 39.7 Å². The van der Waals surface area contributed by atoms with E-state index in [4.69, 9.17) is 10.9 Å². The molecule has 1 saturated heterocycles. The first-order chi connectivity index (χ1) is 26.2. The van der Waals surface area contributed by atoms with E-state index in [-0.39, 0.29) is 49.3 Å². The van der Waals surface area contributed by atoms with Crippen molar-refractivity contribution in [3.05, 3.63) is 102 Å². The molecule has 1 unspecified atom stereocenters. The first kappa shape index (κ1) is 40.8. The number of carbonyl (C=O) groups is 3. The van der Waals surface area contributed by atoms with Gasteiger partial charge in [0.2, 0.25) is 15.9 Å². The summed E-state index contributed by atoms with van der Waals surface area (Å²) in [6.45, 7) is 6.76. The van der Waals surface area contributed by atoms with Crippen molar-refractivity contribution in [3.8, 4) is 0 Å². The van der Waals surface area contributed by atoms with E-state index in [1.807, 2.05) is 64.1 Å². The lowest BCUT2D eigenvalue weighted by molar-refractivity contribution is -0.129. The lowest BCUT2D eigenvalue weighted by Gasteiger charge is -2.34. The minimum Gasteiger partial charge on any atom is -0.411 e. The number of aromatic nitrogens is 1. The highest BCUT2D eigenvalue weighted by molar-refractivity contribution is 7.89. The quantitative estimate of drug-likeness (QED) is 0.0399. The van der Waals surface area contributed by atoms with Crippen molar-refractivity contribution in [1.29, 1.82) is 0 Å². The molecule has 1 aromatic heterocycles. The van der Waals surface area contributed by atoms with Gasteiger partial charge < -0.3 is 26.3 Å². The number of aliphatic hydroxyl groups is 1. The monoisotopic (exact) mass is 771 g/mol. The second kappa shape index (κ2) is 17.8. The number of nitrogen functional groups attached to an aromatic ring is 1. The molecule has 4 aromatic rings. The highest BCUT2D eigenvalue weighted by Gasteiger charge is 2.45. The Bertz CT molecular complexity index is 2110. The summed E-state index contributed by atoms with van der Waals surface area (Å²) in [5.74, 6) is -1.53. The molecule has 5 N–H and O–H groups in total. The number of aliphatic hydroxyl groups excluding tert-OH is 1. The molecule has 4 atom stereocenters. The third-order valence-corrected chi connectivity index (χ3v) is 11.6. The number of carbonyl (C=O) groups excluding carboxylic acids is 3. The standard InChI is InChI=1S/C40H49N7O7S/c1-5-27(4)38(47-25-37(49)46(40(47)51)23-32-15-13-30-20-31(41)14-18-34(30)43-32)39(50)44-35(19-28-9-7-6-8-10-28)36(48)24-45(22-26(2)3)55(53,54)33-16-11-29(12-17-33)21-42-52/h6-18,20-21,26-27,35-36,38,48,52H,5,19,22-25,41H2,1-4H3,(H,44,50)/b42-21+/t27-,35-,36?,38+/m0/s1. The van der Waals surface area contributed by atoms with Gasteiger partial charge in [-0.15, -0.1) is 0 Å². The van der Waals surface area contributed by atoms with Crippen LogP contribution in [0.4, 0.5) is 10.5 Å². The molecule has 14 nitrogen and oxygen atoms in total. The molecule has 1 fully saturated rings. The minimum absolute atomic E-state index is 0.0127. The second-order valence-corrected chi connectivity index (χ2v) is 16.3. The van der Waals surface area contributed by atoms with Gasteiger partial charge in [0.1, 0.15) is 12.6 Å². The molecule has 4 amide bonds. The third kappa shape index (κ3) is 9.84. The fourth-order valence-electron chi connectivity index (χ4n) is 6.68. The number of amides is 4. The number of imide groups is 1. The van der Waals surface area contributed by atoms with Gasteiger partial charge in [-0.1, -0.05) is 87.8 Å². The van der Waals surface area contributed by atoms with Crippen LogP contribution in [0.2, 0.25) is 0 Å². The number of sulfonamides is 1. The van der Waals surface area contributed by atoms with Crippen molar-refractivity contribution >= 4 is 50.7 Å². The number of nitrogens with one attached hydrogen (secondary N) is 1. The van der Waals surface area contributed by atoms with Gasteiger partial charge >= 0.3 is 6.03 Å². The van der Waals surface area contributed by atoms with Crippen LogP contribution < -0.4 is 11.1 Å². The number of anilines is 1. The van der Waals surface area contributed by atoms with E-state index in [1.54, 1.807) is 24.3 Å². The normalized spacial score (nSPS) is 16.0. The van der Waals surface area contributed by atoms with Crippen LogP contribution in [0, 0.1) is 11.8 Å². The van der Waals surface area contributed by atoms with Crippen LogP contribution in [-0.4, -0.2) is 99.7 Å². The van der Waals surface area contributed by atoms with Gasteiger partial charge in [0.15, 0.2) is 0 Å². The number of pyridine rings is 1. The van der Waals surface area contributed by atoms with Crippen LogP contribution in [0.1, 0.15) is 50.9 Å². The average molecular weight is 772 g/mol. The highest BCUT2D eigenvalue weighted by Crippen LogP contribution is 2.25. The van der Waals surface area contributed by atoms with Gasteiger partial charge in [-0.05, 0) is 65.8 Å². The Morgan fingerprint density at radius 1 is 1.02 bits per heavy atom. The van der Waals surface area contributed by atoms with E-state index >= 15 is 0 Å². The molecular formula is C40H49N7O7S. The molecule has 292 valence electrons. The number of nitrogens with two attached hydrogens (primary N) is 1. The molecule has 15 heteroatoms. The van der Waals surface area contributed by atoms with E-state index in [2.05, 4.69) is 15.5 Å². The topological polar surface area (TPSA) is 199 Å². The molecular weight excluding hydrogens is 723 g/mol. The zero-order valence-corrected chi connectivity index (χ0v) is 32.3. The Balaban J connectivity index is 1.39. The van der Waals surface area contributed by atoms with Gasteiger partial charge in [0, 0.05) is 24.2 Å². The predicted molar refractivity (Wildman–Crippen MR) is 210 cm³/mol. The number of rotatable bonds is 17. The Labute approximate surface area is 321 Å². The van der Waals surface area contributed by atoms with Crippen molar-refractivity contribution in [2.75, 3.05) is 25.4 Å². The third-order valence-electron chi connectivity index (χ3n) is 9.74. The molecule has 55 heavy (non-hydrogen) atoms. The van der Waals surface area contributed by atoms with Crippen LogP contribution >= 0.6 is 0 Å². The van der Waals surface area contributed by atoms with Crippen molar-refractivity contribution in [2.45, 2.75) is 70.2 Å². The van der Waals surface area contributed by atoms with E-state index in [9.17, 15) is 27.9 Å². The van der Waals surface area contributed by atoms with E-state index in [0.29, 0.717) is 28.9 Å². The Morgan fingerprint density at radius 2 is 1.73 bits per heavy atom. The molecule has 5 rings (SSSR count).